The lowest BCUT2D eigenvalue weighted by Crippen LogP contribution is -2.56. The Balaban J connectivity index is 1.45. The zero-order valence-corrected chi connectivity index (χ0v) is 15.7. The Bertz CT molecular complexity index is 1010. The number of anilines is 1. The highest BCUT2D eigenvalue weighted by atomic mass is 35.5. The number of carbonyl (C=O) groups is 1. The maximum Gasteiger partial charge on any atom is 0.227 e. The third-order valence-corrected chi connectivity index (χ3v) is 5.09. The molecule has 140 valence electrons. The van der Waals surface area contributed by atoms with Gasteiger partial charge in [0, 0.05) is 25.4 Å². The molecule has 1 fully saturated rings. The maximum atomic E-state index is 13.9. The van der Waals surface area contributed by atoms with Crippen molar-refractivity contribution in [1.29, 1.82) is 0 Å². The second-order valence-corrected chi connectivity index (χ2v) is 7.63. The first kappa shape index (κ1) is 17.7. The van der Waals surface area contributed by atoms with Gasteiger partial charge in [0.2, 0.25) is 5.91 Å². The molecular formula is C19H19ClFN5O. The van der Waals surface area contributed by atoms with E-state index in [1.54, 1.807) is 11.1 Å². The van der Waals surface area contributed by atoms with E-state index in [1.165, 1.54) is 6.07 Å². The van der Waals surface area contributed by atoms with E-state index >= 15 is 0 Å². The predicted octanol–water partition coefficient (Wildman–Crippen LogP) is 3.01. The van der Waals surface area contributed by atoms with Crippen LogP contribution in [0.25, 0.3) is 5.65 Å². The Morgan fingerprint density at radius 3 is 2.85 bits per heavy atom. The van der Waals surface area contributed by atoms with Gasteiger partial charge in [0.05, 0.1) is 35.2 Å². The summed E-state index contributed by atoms with van der Waals surface area (Å²) in [5.41, 5.74) is 1.51. The van der Waals surface area contributed by atoms with E-state index in [9.17, 15) is 9.18 Å². The molecule has 1 saturated heterocycles. The fourth-order valence-corrected chi connectivity index (χ4v) is 3.51. The van der Waals surface area contributed by atoms with Gasteiger partial charge in [-0.25, -0.2) is 14.4 Å². The molecular weight excluding hydrogens is 369 g/mol. The number of pyridine rings is 2. The maximum absolute atomic E-state index is 13.9. The second kappa shape index (κ2) is 6.49. The summed E-state index contributed by atoms with van der Waals surface area (Å²) in [6.45, 7) is 4.76. The van der Waals surface area contributed by atoms with E-state index in [0.717, 1.165) is 17.5 Å². The van der Waals surface area contributed by atoms with Crippen LogP contribution in [0.3, 0.4) is 0 Å². The molecule has 1 aliphatic heterocycles. The van der Waals surface area contributed by atoms with Crippen LogP contribution in [0.1, 0.15) is 19.5 Å². The quantitative estimate of drug-likeness (QED) is 0.699. The Morgan fingerprint density at radius 2 is 2.07 bits per heavy atom. The topological polar surface area (TPSA) is 62.5 Å². The number of hydrogen-bond acceptors (Lipinski definition) is 4. The molecule has 0 aromatic carbocycles. The van der Waals surface area contributed by atoms with E-state index in [1.807, 2.05) is 42.6 Å². The van der Waals surface area contributed by atoms with E-state index in [2.05, 4.69) is 15.3 Å². The monoisotopic (exact) mass is 387 g/mol. The normalized spacial score (nSPS) is 15.0. The minimum absolute atomic E-state index is 0.0670. The van der Waals surface area contributed by atoms with Crippen molar-refractivity contribution in [3.63, 3.8) is 0 Å². The summed E-state index contributed by atoms with van der Waals surface area (Å²) in [4.78, 5) is 22.6. The van der Waals surface area contributed by atoms with Crippen LogP contribution in [0.15, 0.2) is 42.9 Å². The third kappa shape index (κ3) is 3.23. The van der Waals surface area contributed by atoms with Crippen LogP contribution in [-0.4, -0.2) is 33.4 Å². The Hall–Kier alpha value is -2.67. The van der Waals surface area contributed by atoms with Crippen LogP contribution >= 0.6 is 11.6 Å². The number of imidazole rings is 1. The lowest BCUT2D eigenvalue weighted by Gasteiger charge is -2.41. The summed E-state index contributed by atoms with van der Waals surface area (Å²) >= 11 is 5.84. The largest absolute Gasteiger partial charge is 0.367 e. The van der Waals surface area contributed by atoms with Gasteiger partial charge < -0.3 is 14.6 Å². The van der Waals surface area contributed by atoms with Crippen LogP contribution in [0.2, 0.25) is 5.15 Å². The molecule has 0 radical (unpaired) electrons. The zero-order valence-electron chi connectivity index (χ0n) is 15.0. The first-order valence-corrected chi connectivity index (χ1v) is 9.03. The summed E-state index contributed by atoms with van der Waals surface area (Å²) in [5.74, 6) is -0.721. The molecule has 27 heavy (non-hydrogen) atoms. The zero-order chi connectivity index (χ0) is 19.2. The predicted molar refractivity (Wildman–Crippen MR) is 101 cm³/mol. The number of nitrogens with zero attached hydrogens (tertiary/aromatic N) is 4. The smallest absolute Gasteiger partial charge is 0.227 e. The van der Waals surface area contributed by atoms with Crippen molar-refractivity contribution < 1.29 is 9.18 Å². The molecule has 0 unspecified atom stereocenters. The Morgan fingerprint density at radius 1 is 1.30 bits per heavy atom. The van der Waals surface area contributed by atoms with E-state index in [4.69, 9.17) is 11.6 Å². The summed E-state index contributed by atoms with van der Waals surface area (Å²) < 4.78 is 15.9. The molecule has 1 aliphatic rings. The molecule has 8 heteroatoms. The molecule has 4 heterocycles. The number of fused-ring (bicyclic) bond motifs is 1. The fourth-order valence-electron chi connectivity index (χ4n) is 3.36. The molecule has 1 N–H and O–H groups in total. The fraction of sp³-hybridized carbons (Fsp3) is 0.316. The third-order valence-electron chi connectivity index (χ3n) is 4.89. The van der Waals surface area contributed by atoms with E-state index in [-0.39, 0.29) is 17.0 Å². The Kier molecular flexibility index (Phi) is 4.26. The molecule has 3 aromatic rings. The lowest BCUT2D eigenvalue weighted by atomic mass is 9.94. The van der Waals surface area contributed by atoms with Gasteiger partial charge in [0.25, 0.3) is 0 Å². The number of aromatic nitrogens is 3. The standard InChI is InChI=1S/C19H19ClFN5O/c1-19(2,15-9-23-17-5-3-4-6-26(15)17)24-18(27)12-10-25(11-12)14-7-16(20)22-8-13(14)21/h3-9,12H,10-11H2,1-2H3,(H,24,27). The number of halogens is 2. The highest BCUT2D eigenvalue weighted by Crippen LogP contribution is 2.30. The number of carbonyl (C=O) groups excluding carboxylic acids is 1. The number of hydrogen-bond donors (Lipinski definition) is 1. The van der Waals surface area contributed by atoms with Gasteiger partial charge in [0.15, 0.2) is 5.82 Å². The molecule has 0 aliphatic carbocycles. The van der Waals surface area contributed by atoms with Crippen molar-refractivity contribution in [2.75, 3.05) is 18.0 Å². The van der Waals surface area contributed by atoms with Crippen LogP contribution in [0.4, 0.5) is 10.1 Å². The molecule has 3 aromatic heterocycles. The van der Waals surface area contributed by atoms with Crippen LogP contribution in [0, 0.1) is 11.7 Å². The van der Waals surface area contributed by atoms with E-state index in [0.29, 0.717) is 18.8 Å². The van der Waals surface area contributed by atoms with Gasteiger partial charge in [-0.1, -0.05) is 17.7 Å². The summed E-state index contributed by atoms with van der Waals surface area (Å²) in [7, 11) is 0. The SMILES string of the molecule is CC(C)(NC(=O)C1CN(c2cc(Cl)ncc2F)C1)c1cnc2ccccn12. The van der Waals surface area contributed by atoms with Gasteiger partial charge >= 0.3 is 0 Å². The molecule has 0 atom stereocenters. The second-order valence-electron chi connectivity index (χ2n) is 7.25. The average Bonchev–Trinajstić information content (AvgIpc) is 3.01. The molecule has 6 nitrogen and oxygen atoms in total. The Labute approximate surface area is 161 Å². The van der Waals surface area contributed by atoms with E-state index < -0.39 is 11.4 Å². The van der Waals surface area contributed by atoms with Crippen LogP contribution in [-0.2, 0) is 10.3 Å². The first-order valence-electron chi connectivity index (χ1n) is 8.66. The van der Waals surface area contributed by atoms with Gasteiger partial charge in [-0.2, -0.15) is 0 Å². The molecule has 0 bridgehead atoms. The molecule has 0 saturated carbocycles. The summed E-state index contributed by atoms with van der Waals surface area (Å²) in [6, 6.07) is 7.24. The van der Waals surface area contributed by atoms with Crippen molar-refractivity contribution in [2.24, 2.45) is 5.92 Å². The first-order chi connectivity index (χ1) is 12.8. The lowest BCUT2D eigenvalue weighted by molar-refractivity contribution is -0.127. The summed E-state index contributed by atoms with van der Waals surface area (Å²) in [6.07, 6.45) is 4.79. The molecule has 4 rings (SSSR count). The van der Waals surface area contributed by atoms with Crippen molar-refractivity contribution in [1.82, 2.24) is 19.7 Å². The van der Waals surface area contributed by atoms with Crippen molar-refractivity contribution >= 4 is 28.8 Å². The minimum Gasteiger partial charge on any atom is -0.367 e. The molecule has 1 amide bonds. The highest BCUT2D eigenvalue weighted by molar-refractivity contribution is 6.29. The number of rotatable bonds is 4. The summed E-state index contributed by atoms with van der Waals surface area (Å²) in [5, 5.41) is 3.32. The average molecular weight is 388 g/mol. The van der Waals surface area contributed by atoms with Crippen LogP contribution < -0.4 is 10.2 Å². The van der Waals surface area contributed by atoms with Crippen molar-refractivity contribution in [3.8, 4) is 0 Å². The van der Waals surface area contributed by atoms with Gasteiger partial charge in [-0.3, -0.25) is 4.79 Å². The highest BCUT2D eigenvalue weighted by Gasteiger charge is 2.37. The van der Waals surface area contributed by atoms with Crippen molar-refractivity contribution in [2.45, 2.75) is 19.4 Å². The van der Waals surface area contributed by atoms with Crippen molar-refractivity contribution in [3.05, 3.63) is 59.5 Å². The van der Waals surface area contributed by atoms with Gasteiger partial charge in [-0.05, 0) is 26.0 Å². The minimum atomic E-state index is -0.594. The number of nitrogens with one attached hydrogen (secondary N) is 1. The molecule has 0 spiro atoms. The van der Waals surface area contributed by atoms with Crippen LogP contribution in [0.5, 0.6) is 0 Å². The van der Waals surface area contributed by atoms with Gasteiger partial charge in [0.1, 0.15) is 10.8 Å². The van der Waals surface area contributed by atoms with Gasteiger partial charge in [-0.15, -0.1) is 0 Å². The number of amides is 1.